The third-order valence-corrected chi connectivity index (χ3v) is 2.89. The number of hydrogen-bond donors (Lipinski definition) is 2. The number of nitrogens with one attached hydrogen (secondary N) is 1. The topological polar surface area (TPSA) is 84.9 Å². The van der Waals surface area contributed by atoms with E-state index in [1.54, 1.807) is 6.07 Å². The molecular weight excluding hydrogens is 305 g/mol. The fraction of sp³-hybridized carbons (Fsp3) is 0.500. The van der Waals surface area contributed by atoms with Crippen molar-refractivity contribution in [3.05, 3.63) is 23.8 Å². The molecule has 0 heterocycles. The van der Waals surface area contributed by atoms with E-state index in [2.05, 4.69) is 5.32 Å². The molecule has 0 bridgehead atoms. The summed E-state index contributed by atoms with van der Waals surface area (Å²) in [5.74, 6) is -1.19. The molecule has 0 saturated heterocycles. The lowest BCUT2D eigenvalue weighted by Gasteiger charge is -2.15. The first-order chi connectivity index (χ1) is 11.0. The van der Waals surface area contributed by atoms with Crippen molar-refractivity contribution in [3.8, 4) is 11.5 Å². The zero-order valence-corrected chi connectivity index (χ0v) is 13.3. The number of benzene rings is 1. The molecule has 0 aromatic heterocycles. The van der Waals surface area contributed by atoms with Gasteiger partial charge in [0, 0.05) is 5.56 Å². The molecule has 0 saturated carbocycles. The molecule has 128 valence electrons. The molecule has 1 unspecified atom stereocenters. The smallest absolute Gasteiger partial charge is 0.328 e. The van der Waals surface area contributed by atoms with E-state index in [9.17, 15) is 14.0 Å². The Balaban J connectivity index is 2.93. The summed E-state index contributed by atoms with van der Waals surface area (Å²) in [6.07, 6.45) is 1.61. The van der Waals surface area contributed by atoms with Gasteiger partial charge in [0.1, 0.15) is 6.67 Å². The highest BCUT2D eigenvalue weighted by Crippen LogP contribution is 2.29. The van der Waals surface area contributed by atoms with Gasteiger partial charge in [-0.25, -0.2) is 9.18 Å². The van der Waals surface area contributed by atoms with Crippen LogP contribution >= 0.6 is 0 Å². The summed E-state index contributed by atoms with van der Waals surface area (Å²) >= 11 is 0. The minimum Gasteiger partial charge on any atom is -0.490 e. The average molecular weight is 327 g/mol. The van der Waals surface area contributed by atoms with Crippen molar-refractivity contribution in [1.82, 2.24) is 5.32 Å². The largest absolute Gasteiger partial charge is 0.490 e. The van der Waals surface area contributed by atoms with Gasteiger partial charge in [0.15, 0.2) is 17.5 Å². The third-order valence-electron chi connectivity index (χ3n) is 2.89. The summed E-state index contributed by atoms with van der Waals surface area (Å²) in [5.41, 5.74) is 0.180. The van der Waals surface area contributed by atoms with Gasteiger partial charge in [0.2, 0.25) is 0 Å². The van der Waals surface area contributed by atoms with Crippen molar-refractivity contribution in [2.24, 2.45) is 0 Å². The number of carbonyl (C=O) groups excluding carboxylic acids is 1. The van der Waals surface area contributed by atoms with Crippen LogP contribution in [0.1, 0.15) is 37.0 Å². The van der Waals surface area contributed by atoms with Crippen molar-refractivity contribution in [2.45, 2.75) is 32.7 Å². The molecule has 1 aromatic carbocycles. The van der Waals surface area contributed by atoms with E-state index in [4.69, 9.17) is 14.6 Å². The fourth-order valence-electron chi connectivity index (χ4n) is 1.71. The van der Waals surface area contributed by atoms with Crippen LogP contribution < -0.4 is 14.8 Å². The summed E-state index contributed by atoms with van der Waals surface area (Å²) in [6.45, 7) is 3.70. The Hall–Kier alpha value is -2.31. The lowest BCUT2D eigenvalue weighted by atomic mass is 10.1. The van der Waals surface area contributed by atoms with Crippen molar-refractivity contribution in [3.63, 3.8) is 0 Å². The standard InChI is InChI=1S/C16H22FNO5/c1-3-7-22-13-6-5-11(9-14(13)23-8-4-2)15(19)18-12(10-17)16(20)21/h5-6,9,12H,3-4,7-8,10H2,1-2H3,(H,18,19)(H,20,21). The van der Waals surface area contributed by atoms with Gasteiger partial charge in [-0.15, -0.1) is 0 Å². The highest BCUT2D eigenvalue weighted by atomic mass is 19.1. The van der Waals surface area contributed by atoms with Crippen LogP contribution in [0, 0.1) is 0 Å². The Morgan fingerprint density at radius 2 is 1.78 bits per heavy atom. The highest BCUT2D eigenvalue weighted by molar-refractivity contribution is 5.97. The van der Waals surface area contributed by atoms with Gasteiger partial charge in [-0.2, -0.15) is 0 Å². The van der Waals surface area contributed by atoms with E-state index >= 15 is 0 Å². The zero-order chi connectivity index (χ0) is 17.2. The second-order valence-electron chi connectivity index (χ2n) is 4.88. The molecule has 0 aliphatic heterocycles. The zero-order valence-electron chi connectivity index (χ0n) is 13.3. The number of amides is 1. The quantitative estimate of drug-likeness (QED) is 0.689. The van der Waals surface area contributed by atoms with E-state index < -0.39 is 24.6 Å². The predicted octanol–water partition coefficient (Wildman–Crippen LogP) is 2.42. The molecule has 0 fully saturated rings. The lowest BCUT2D eigenvalue weighted by Crippen LogP contribution is -2.42. The molecule has 1 atom stereocenters. The summed E-state index contributed by atoms with van der Waals surface area (Å²) in [7, 11) is 0. The molecule has 6 nitrogen and oxygen atoms in total. The Bertz CT molecular complexity index is 535. The van der Waals surface area contributed by atoms with Gasteiger partial charge in [0.05, 0.1) is 13.2 Å². The van der Waals surface area contributed by atoms with E-state index in [-0.39, 0.29) is 5.56 Å². The Labute approximate surface area is 134 Å². The lowest BCUT2D eigenvalue weighted by molar-refractivity contribution is -0.139. The van der Waals surface area contributed by atoms with Crippen LogP contribution in [0.4, 0.5) is 4.39 Å². The van der Waals surface area contributed by atoms with Crippen molar-refractivity contribution >= 4 is 11.9 Å². The van der Waals surface area contributed by atoms with Gasteiger partial charge in [-0.05, 0) is 31.0 Å². The SMILES string of the molecule is CCCOc1ccc(C(=O)NC(CF)C(=O)O)cc1OCCC. The first-order valence-electron chi connectivity index (χ1n) is 7.52. The van der Waals surface area contributed by atoms with Crippen LogP contribution in [0.5, 0.6) is 11.5 Å². The molecule has 0 aliphatic carbocycles. The number of rotatable bonds is 10. The minimum absolute atomic E-state index is 0.180. The average Bonchev–Trinajstić information content (AvgIpc) is 2.55. The molecule has 0 aliphatic rings. The molecule has 1 amide bonds. The number of halogens is 1. The predicted molar refractivity (Wildman–Crippen MR) is 82.9 cm³/mol. The number of hydrogen-bond acceptors (Lipinski definition) is 4. The minimum atomic E-state index is -1.57. The molecule has 23 heavy (non-hydrogen) atoms. The molecule has 7 heteroatoms. The monoisotopic (exact) mass is 327 g/mol. The highest BCUT2D eigenvalue weighted by Gasteiger charge is 2.21. The molecule has 2 N–H and O–H groups in total. The summed E-state index contributed by atoms with van der Waals surface area (Å²) in [6, 6.07) is 2.96. The number of aliphatic carboxylic acids is 1. The van der Waals surface area contributed by atoms with Crippen LogP contribution in [0.2, 0.25) is 0 Å². The van der Waals surface area contributed by atoms with Crippen molar-refractivity contribution in [1.29, 1.82) is 0 Å². The van der Waals surface area contributed by atoms with Gasteiger partial charge >= 0.3 is 5.97 Å². The first-order valence-corrected chi connectivity index (χ1v) is 7.52. The van der Waals surface area contributed by atoms with Crippen LogP contribution in [0.3, 0.4) is 0 Å². The van der Waals surface area contributed by atoms with Crippen LogP contribution in [-0.2, 0) is 4.79 Å². The second kappa shape index (κ2) is 9.66. The summed E-state index contributed by atoms with van der Waals surface area (Å²) < 4.78 is 23.7. The molecule has 1 aromatic rings. The number of carboxylic acid groups (broad SMARTS) is 1. The van der Waals surface area contributed by atoms with Crippen LogP contribution in [-0.4, -0.2) is 42.9 Å². The maximum atomic E-state index is 12.6. The summed E-state index contributed by atoms with van der Waals surface area (Å²) in [4.78, 5) is 22.8. The third kappa shape index (κ3) is 5.77. The first kappa shape index (κ1) is 18.7. The maximum absolute atomic E-state index is 12.6. The van der Waals surface area contributed by atoms with Crippen LogP contribution in [0.25, 0.3) is 0 Å². The number of ether oxygens (including phenoxy) is 2. The van der Waals surface area contributed by atoms with E-state index in [1.165, 1.54) is 12.1 Å². The molecule has 0 spiro atoms. The summed E-state index contributed by atoms with van der Waals surface area (Å²) in [5, 5.41) is 10.9. The van der Waals surface area contributed by atoms with Crippen LogP contribution in [0.15, 0.2) is 18.2 Å². The molecule has 0 radical (unpaired) electrons. The van der Waals surface area contributed by atoms with E-state index in [1.807, 2.05) is 13.8 Å². The normalized spacial score (nSPS) is 11.6. The van der Waals surface area contributed by atoms with Gasteiger partial charge in [-0.1, -0.05) is 13.8 Å². The van der Waals surface area contributed by atoms with Gasteiger partial charge in [-0.3, -0.25) is 4.79 Å². The van der Waals surface area contributed by atoms with E-state index in [0.29, 0.717) is 24.7 Å². The van der Waals surface area contributed by atoms with Gasteiger partial charge < -0.3 is 19.9 Å². The number of carboxylic acids is 1. The Morgan fingerprint density at radius 3 is 2.30 bits per heavy atom. The number of alkyl halides is 1. The van der Waals surface area contributed by atoms with Gasteiger partial charge in [0.25, 0.3) is 5.91 Å². The Kier molecular flexibility index (Phi) is 7.87. The maximum Gasteiger partial charge on any atom is 0.328 e. The molecular formula is C16H22FNO5. The fourth-order valence-corrected chi connectivity index (χ4v) is 1.71. The molecule has 1 rings (SSSR count). The number of carbonyl (C=O) groups is 2. The van der Waals surface area contributed by atoms with Crippen molar-refractivity contribution < 1.29 is 28.6 Å². The Morgan fingerprint density at radius 1 is 1.17 bits per heavy atom. The van der Waals surface area contributed by atoms with Crippen molar-refractivity contribution in [2.75, 3.05) is 19.9 Å². The second-order valence-corrected chi connectivity index (χ2v) is 4.88. The van der Waals surface area contributed by atoms with E-state index in [0.717, 1.165) is 12.8 Å².